The van der Waals surface area contributed by atoms with Crippen LogP contribution in [0.5, 0.6) is 0 Å². The molecule has 1 rings (SSSR count). The summed E-state index contributed by atoms with van der Waals surface area (Å²) in [5.74, 6) is 0. The molecular formula is C11H22N2O3. The van der Waals surface area contributed by atoms with Gasteiger partial charge in [0.05, 0.1) is 6.10 Å². The van der Waals surface area contributed by atoms with E-state index in [4.69, 9.17) is 4.74 Å². The van der Waals surface area contributed by atoms with Crippen molar-refractivity contribution in [2.45, 2.75) is 38.9 Å². The Bertz CT molecular complexity index is 238. The highest BCUT2D eigenvalue weighted by molar-refractivity contribution is 5.67. The topological polar surface area (TPSA) is 61.8 Å². The SMILES string of the molecule is CC(C)(C)OC(=O)NCCN1CC[C@@H](O)C1. The molecule has 1 saturated heterocycles. The molecule has 0 unspecified atom stereocenters. The summed E-state index contributed by atoms with van der Waals surface area (Å²) < 4.78 is 5.11. The summed E-state index contributed by atoms with van der Waals surface area (Å²) in [6, 6.07) is 0. The van der Waals surface area contributed by atoms with Crippen LogP contribution in [0.4, 0.5) is 4.79 Å². The van der Waals surface area contributed by atoms with Crippen molar-refractivity contribution >= 4 is 6.09 Å². The zero-order valence-electron chi connectivity index (χ0n) is 10.3. The van der Waals surface area contributed by atoms with E-state index in [-0.39, 0.29) is 12.2 Å². The maximum atomic E-state index is 11.3. The van der Waals surface area contributed by atoms with Crippen molar-refractivity contribution in [2.24, 2.45) is 0 Å². The molecule has 1 fully saturated rings. The van der Waals surface area contributed by atoms with E-state index in [0.717, 1.165) is 19.5 Å². The molecular weight excluding hydrogens is 208 g/mol. The number of amides is 1. The third-order valence-electron chi connectivity index (χ3n) is 2.34. The number of aliphatic hydroxyl groups is 1. The average molecular weight is 230 g/mol. The Balaban J connectivity index is 2.09. The standard InChI is InChI=1S/C11H22N2O3/c1-11(2,3)16-10(15)12-5-7-13-6-4-9(14)8-13/h9,14H,4-8H2,1-3H3,(H,12,15)/t9-/m1/s1. The van der Waals surface area contributed by atoms with Gasteiger partial charge in [0.25, 0.3) is 0 Å². The number of rotatable bonds is 3. The van der Waals surface area contributed by atoms with Crippen molar-refractivity contribution in [3.05, 3.63) is 0 Å². The summed E-state index contributed by atoms with van der Waals surface area (Å²) in [6.07, 6.45) is 0.237. The molecule has 1 aliphatic heterocycles. The monoisotopic (exact) mass is 230 g/mol. The molecule has 5 heteroatoms. The molecule has 1 aliphatic rings. The Labute approximate surface area is 96.8 Å². The van der Waals surface area contributed by atoms with E-state index < -0.39 is 5.60 Å². The molecule has 1 heterocycles. The molecule has 5 nitrogen and oxygen atoms in total. The number of likely N-dealkylation sites (tertiary alicyclic amines) is 1. The minimum Gasteiger partial charge on any atom is -0.444 e. The van der Waals surface area contributed by atoms with Crippen LogP contribution in [-0.4, -0.2) is 54.0 Å². The summed E-state index contributed by atoms with van der Waals surface area (Å²) in [5.41, 5.74) is -0.450. The molecule has 0 aliphatic carbocycles. The molecule has 94 valence electrons. The second kappa shape index (κ2) is 5.50. The second-order valence-electron chi connectivity index (χ2n) is 5.17. The summed E-state index contributed by atoms with van der Waals surface area (Å²) in [5, 5.41) is 12.0. The number of hydrogen-bond acceptors (Lipinski definition) is 4. The molecule has 0 aromatic rings. The Morgan fingerprint density at radius 1 is 1.56 bits per heavy atom. The van der Waals surface area contributed by atoms with Gasteiger partial charge in [-0.15, -0.1) is 0 Å². The van der Waals surface area contributed by atoms with Crippen molar-refractivity contribution in [1.82, 2.24) is 10.2 Å². The van der Waals surface area contributed by atoms with Gasteiger partial charge < -0.3 is 15.2 Å². The Morgan fingerprint density at radius 3 is 2.75 bits per heavy atom. The number of carbonyl (C=O) groups excluding carboxylic acids is 1. The number of hydrogen-bond donors (Lipinski definition) is 2. The zero-order chi connectivity index (χ0) is 12.2. The fraction of sp³-hybridized carbons (Fsp3) is 0.909. The van der Waals surface area contributed by atoms with E-state index in [9.17, 15) is 9.90 Å². The van der Waals surface area contributed by atoms with Crippen LogP contribution < -0.4 is 5.32 Å². The predicted molar refractivity (Wildman–Crippen MR) is 61.3 cm³/mol. The van der Waals surface area contributed by atoms with Gasteiger partial charge >= 0.3 is 6.09 Å². The number of nitrogens with zero attached hydrogens (tertiary/aromatic N) is 1. The summed E-state index contributed by atoms with van der Waals surface area (Å²) in [6.45, 7) is 8.43. The molecule has 2 N–H and O–H groups in total. The highest BCUT2D eigenvalue weighted by Crippen LogP contribution is 2.08. The number of nitrogens with one attached hydrogen (secondary N) is 1. The molecule has 0 spiro atoms. The fourth-order valence-corrected chi connectivity index (χ4v) is 1.65. The Hall–Kier alpha value is -0.810. The lowest BCUT2D eigenvalue weighted by atomic mass is 10.2. The molecule has 0 saturated carbocycles. The lowest BCUT2D eigenvalue weighted by Crippen LogP contribution is -2.37. The number of carbonyl (C=O) groups is 1. The highest BCUT2D eigenvalue weighted by Gasteiger charge is 2.20. The normalized spacial score (nSPS) is 22.1. The van der Waals surface area contributed by atoms with Gasteiger partial charge in [-0.05, 0) is 27.2 Å². The van der Waals surface area contributed by atoms with E-state index in [1.807, 2.05) is 20.8 Å². The first-order valence-electron chi connectivity index (χ1n) is 5.74. The van der Waals surface area contributed by atoms with Crippen molar-refractivity contribution in [2.75, 3.05) is 26.2 Å². The van der Waals surface area contributed by atoms with E-state index in [2.05, 4.69) is 10.2 Å². The summed E-state index contributed by atoms with van der Waals surface area (Å²) >= 11 is 0. The maximum Gasteiger partial charge on any atom is 0.407 e. The van der Waals surface area contributed by atoms with Crippen LogP contribution in [-0.2, 0) is 4.74 Å². The van der Waals surface area contributed by atoms with Crippen molar-refractivity contribution in [3.63, 3.8) is 0 Å². The zero-order valence-corrected chi connectivity index (χ0v) is 10.3. The van der Waals surface area contributed by atoms with Crippen LogP contribution in [0.3, 0.4) is 0 Å². The van der Waals surface area contributed by atoms with E-state index in [1.54, 1.807) is 0 Å². The highest BCUT2D eigenvalue weighted by atomic mass is 16.6. The first-order valence-corrected chi connectivity index (χ1v) is 5.74. The van der Waals surface area contributed by atoms with E-state index in [0.29, 0.717) is 13.1 Å². The largest absolute Gasteiger partial charge is 0.444 e. The third kappa shape index (κ3) is 5.32. The van der Waals surface area contributed by atoms with Gasteiger partial charge in [-0.25, -0.2) is 4.79 Å². The molecule has 0 aromatic carbocycles. The van der Waals surface area contributed by atoms with Crippen molar-refractivity contribution in [1.29, 1.82) is 0 Å². The van der Waals surface area contributed by atoms with Crippen LogP contribution in [0.1, 0.15) is 27.2 Å². The molecule has 1 amide bonds. The van der Waals surface area contributed by atoms with Crippen molar-refractivity contribution < 1.29 is 14.6 Å². The van der Waals surface area contributed by atoms with E-state index in [1.165, 1.54) is 0 Å². The smallest absolute Gasteiger partial charge is 0.407 e. The first-order chi connectivity index (χ1) is 7.37. The van der Waals surface area contributed by atoms with Crippen LogP contribution in [0, 0.1) is 0 Å². The second-order valence-corrected chi connectivity index (χ2v) is 5.17. The number of aliphatic hydroxyl groups excluding tert-OH is 1. The number of ether oxygens (including phenoxy) is 1. The Morgan fingerprint density at radius 2 is 2.25 bits per heavy atom. The summed E-state index contributed by atoms with van der Waals surface area (Å²) in [4.78, 5) is 13.4. The molecule has 0 radical (unpaired) electrons. The first kappa shape index (κ1) is 13.3. The van der Waals surface area contributed by atoms with E-state index >= 15 is 0 Å². The number of β-amino-alcohol motifs (C(OH)–C–C–N with tert-alkyl or cyclic N) is 1. The molecule has 0 bridgehead atoms. The van der Waals surface area contributed by atoms with Crippen LogP contribution >= 0.6 is 0 Å². The Kier molecular flexibility index (Phi) is 4.56. The number of alkyl carbamates (subject to hydrolysis) is 1. The summed E-state index contributed by atoms with van der Waals surface area (Å²) in [7, 11) is 0. The van der Waals surface area contributed by atoms with Crippen LogP contribution in [0.25, 0.3) is 0 Å². The van der Waals surface area contributed by atoms with Gasteiger partial charge in [0, 0.05) is 26.2 Å². The maximum absolute atomic E-state index is 11.3. The fourth-order valence-electron chi connectivity index (χ4n) is 1.65. The van der Waals surface area contributed by atoms with Gasteiger partial charge in [0.15, 0.2) is 0 Å². The minimum absolute atomic E-state index is 0.207. The average Bonchev–Trinajstić information content (AvgIpc) is 2.48. The van der Waals surface area contributed by atoms with Gasteiger partial charge in [-0.1, -0.05) is 0 Å². The molecule has 16 heavy (non-hydrogen) atoms. The van der Waals surface area contributed by atoms with Crippen molar-refractivity contribution in [3.8, 4) is 0 Å². The van der Waals surface area contributed by atoms with Gasteiger partial charge in [-0.2, -0.15) is 0 Å². The van der Waals surface area contributed by atoms with Crippen LogP contribution in [0.15, 0.2) is 0 Å². The quantitative estimate of drug-likeness (QED) is 0.744. The van der Waals surface area contributed by atoms with Gasteiger partial charge in [0.1, 0.15) is 5.60 Å². The predicted octanol–water partition coefficient (Wildman–Crippen LogP) is 0.578. The third-order valence-corrected chi connectivity index (χ3v) is 2.34. The lowest BCUT2D eigenvalue weighted by Gasteiger charge is -2.20. The van der Waals surface area contributed by atoms with Crippen LogP contribution in [0.2, 0.25) is 0 Å². The van der Waals surface area contributed by atoms with Gasteiger partial charge in [-0.3, -0.25) is 4.90 Å². The van der Waals surface area contributed by atoms with Gasteiger partial charge in [0.2, 0.25) is 0 Å². The molecule has 0 aromatic heterocycles. The molecule has 1 atom stereocenters. The minimum atomic E-state index is -0.450. The lowest BCUT2D eigenvalue weighted by molar-refractivity contribution is 0.0523.